The summed E-state index contributed by atoms with van der Waals surface area (Å²) in [5, 5.41) is 19.8. The highest BCUT2D eigenvalue weighted by atomic mass is 16.2. The van der Waals surface area contributed by atoms with Crippen LogP contribution in [0.1, 0.15) is 26.3 Å². The predicted octanol–water partition coefficient (Wildman–Crippen LogP) is 2.75. The lowest BCUT2D eigenvalue weighted by molar-refractivity contribution is 0.0845. The zero-order chi connectivity index (χ0) is 19.2. The van der Waals surface area contributed by atoms with Crippen molar-refractivity contribution in [2.45, 2.75) is 0 Å². The zero-order valence-corrected chi connectivity index (χ0v) is 14.9. The first kappa shape index (κ1) is 15.2. The second kappa shape index (κ2) is 4.87. The van der Waals surface area contributed by atoms with Gasteiger partial charge in [0.25, 0.3) is 11.8 Å². The van der Waals surface area contributed by atoms with Gasteiger partial charge in [-0.15, -0.1) is 0 Å². The summed E-state index contributed by atoms with van der Waals surface area (Å²) in [6, 6.07) is 17.9. The third kappa shape index (κ3) is 1.61. The average molecular weight is 358 g/mol. The molecule has 0 saturated carbocycles. The molecule has 28 heavy (non-hydrogen) atoms. The van der Waals surface area contributed by atoms with Gasteiger partial charge in [0.15, 0.2) is 0 Å². The summed E-state index contributed by atoms with van der Waals surface area (Å²) in [5.74, 6) is -0.847. The van der Waals surface area contributed by atoms with E-state index >= 15 is 0 Å². The smallest absolute Gasteiger partial charge is 0.258 e. The Morgan fingerprint density at radius 2 is 1.57 bits per heavy atom. The van der Waals surface area contributed by atoms with Crippen LogP contribution in [0.4, 0.5) is 0 Å². The van der Waals surface area contributed by atoms with Gasteiger partial charge in [-0.3, -0.25) is 14.9 Å². The largest absolute Gasteiger partial charge is 0.288 e. The van der Waals surface area contributed by atoms with E-state index in [0.29, 0.717) is 22.1 Å². The summed E-state index contributed by atoms with van der Waals surface area (Å²) in [4.78, 5) is 25.0. The number of nitrogens with zero attached hydrogens (tertiary/aromatic N) is 1. The van der Waals surface area contributed by atoms with Gasteiger partial charge in [0.1, 0.15) is 7.85 Å². The molecule has 1 N–H and O–H groups in total. The van der Waals surface area contributed by atoms with Crippen LogP contribution in [0.15, 0.2) is 48.5 Å². The van der Waals surface area contributed by atoms with Crippen molar-refractivity contribution in [3.63, 3.8) is 0 Å². The molecule has 0 aliphatic carbocycles. The molecule has 5 aromatic carbocycles. The van der Waals surface area contributed by atoms with E-state index in [1.165, 1.54) is 0 Å². The maximum Gasteiger partial charge on any atom is 0.258 e. The molecule has 1 aliphatic rings. The Morgan fingerprint density at radius 1 is 0.786 bits per heavy atom. The maximum atomic E-state index is 12.5. The first-order chi connectivity index (χ1) is 13.6. The van der Waals surface area contributed by atoms with E-state index in [4.69, 9.17) is 0 Å². The maximum absolute atomic E-state index is 12.5. The average Bonchev–Trinajstić information content (AvgIpc) is 2.71. The number of hydrogen-bond donors (Lipinski definition) is 1. The normalized spacial score (nSPS) is 13.5. The summed E-state index contributed by atoms with van der Waals surface area (Å²) in [6.07, 6.45) is 0. The van der Waals surface area contributed by atoms with Gasteiger partial charge >= 0.3 is 0 Å². The van der Waals surface area contributed by atoms with Crippen LogP contribution < -0.4 is 10.8 Å². The second-order valence-electron chi connectivity index (χ2n) is 7.31. The molecule has 0 aromatic heterocycles. The highest BCUT2D eigenvalue weighted by molar-refractivity contribution is 6.48. The number of rotatable bonds is 0. The molecule has 128 valence electrons. The van der Waals surface area contributed by atoms with E-state index in [-0.39, 0.29) is 0 Å². The summed E-state index contributed by atoms with van der Waals surface area (Å²) >= 11 is 0. The summed E-state index contributed by atoms with van der Waals surface area (Å²) in [5.41, 5.74) is 2.43. The molecule has 0 saturated heterocycles. The molecule has 5 aromatic rings. The van der Waals surface area contributed by atoms with E-state index in [2.05, 4.69) is 37.4 Å². The summed E-state index contributed by atoms with van der Waals surface area (Å²) in [6.45, 7) is 0. The highest BCUT2D eigenvalue weighted by Crippen LogP contribution is 2.43. The number of nitriles is 1. The van der Waals surface area contributed by atoms with E-state index in [9.17, 15) is 14.9 Å². The molecule has 0 fully saturated rings. The number of imide groups is 1. The predicted molar refractivity (Wildman–Crippen MR) is 112 cm³/mol. The number of amides is 2. The zero-order valence-electron chi connectivity index (χ0n) is 14.9. The van der Waals surface area contributed by atoms with E-state index in [1.807, 2.05) is 18.2 Å². The summed E-state index contributed by atoms with van der Waals surface area (Å²) in [7, 11) is 2.06. The molecule has 1 heterocycles. The molecular weight excluding hydrogens is 347 g/mol. The van der Waals surface area contributed by atoms with Gasteiger partial charge < -0.3 is 0 Å². The van der Waals surface area contributed by atoms with Gasteiger partial charge in [-0.05, 0) is 39.1 Å². The number of carbonyl (C=O) groups excluding carboxylic acids is 2. The number of benzene rings is 5. The fourth-order valence-electron chi connectivity index (χ4n) is 4.79. The Hall–Kier alpha value is -3.91. The lowest BCUT2D eigenvalue weighted by Gasteiger charge is -2.22. The first-order valence-electron chi connectivity index (χ1n) is 9.02. The quantitative estimate of drug-likeness (QED) is 0.200. The van der Waals surface area contributed by atoms with Crippen molar-refractivity contribution in [1.29, 1.82) is 5.26 Å². The molecule has 0 spiro atoms. The van der Waals surface area contributed by atoms with Crippen molar-refractivity contribution in [3.05, 3.63) is 65.2 Å². The van der Waals surface area contributed by atoms with E-state index in [1.54, 1.807) is 12.1 Å². The molecule has 4 nitrogen and oxygen atoms in total. The lowest BCUT2D eigenvalue weighted by atomic mass is 9.79. The minimum absolute atomic E-state index is 0.385. The third-order valence-corrected chi connectivity index (χ3v) is 5.91. The third-order valence-electron chi connectivity index (χ3n) is 5.91. The Morgan fingerprint density at radius 3 is 2.39 bits per heavy atom. The topological polar surface area (TPSA) is 70.0 Å². The van der Waals surface area contributed by atoms with Crippen molar-refractivity contribution in [2.75, 3.05) is 0 Å². The molecule has 0 bridgehead atoms. The van der Waals surface area contributed by atoms with Crippen molar-refractivity contribution in [1.82, 2.24) is 5.32 Å². The lowest BCUT2D eigenvalue weighted by Crippen LogP contribution is -2.34. The van der Waals surface area contributed by atoms with Crippen molar-refractivity contribution in [2.24, 2.45) is 0 Å². The van der Waals surface area contributed by atoms with Gasteiger partial charge in [-0.25, -0.2) is 0 Å². The van der Waals surface area contributed by atoms with Crippen LogP contribution in [0.2, 0.25) is 0 Å². The number of hydrogen-bond acceptors (Lipinski definition) is 3. The fourth-order valence-corrected chi connectivity index (χ4v) is 4.79. The highest BCUT2D eigenvalue weighted by Gasteiger charge is 2.29. The number of nitrogens with one attached hydrogen (secondary N) is 1. The van der Waals surface area contributed by atoms with Crippen LogP contribution >= 0.6 is 0 Å². The van der Waals surface area contributed by atoms with Crippen LogP contribution in [0, 0.1) is 11.3 Å². The minimum Gasteiger partial charge on any atom is -0.288 e. The molecule has 0 radical (unpaired) electrons. The van der Waals surface area contributed by atoms with Crippen LogP contribution in [-0.2, 0) is 0 Å². The van der Waals surface area contributed by atoms with Gasteiger partial charge in [0, 0.05) is 27.3 Å². The second-order valence-corrected chi connectivity index (χ2v) is 7.31. The molecule has 6 rings (SSSR count). The fraction of sp³-hybridized carbons (Fsp3) is 0. The first-order valence-corrected chi connectivity index (χ1v) is 9.02. The minimum atomic E-state index is -0.452. The Labute approximate surface area is 160 Å². The summed E-state index contributed by atoms with van der Waals surface area (Å²) < 4.78 is 0. The van der Waals surface area contributed by atoms with E-state index in [0.717, 1.165) is 43.2 Å². The van der Waals surface area contributed by atoms with Gasteiger partial charge in [0.2, 0.25) is 0 Å². The molecule has 1 aliphatic heterocycles. The Kier molecular flexibility index (Phi) is 2.64. The number of fused-ring (bicyclic) bond motifs is 2. The standard InChI is InChI=1S/C23H11BN2O2/c24-16-7-4-10-2-1-3-12-17(10)20(16)13-5-6-14-19-15(23(28)26-22(14)27)8-11(9-25)18(12)21(13)19/h1-8H,24H2,(H,26,27,28). The van der Waals surface area contributed by atoms with E-state index < -0.39 is 11.8 Å². The van der Waals surface area contributed by atoms with Gasteiger partial charge in [-0.2, -0.15) is 5.26 Å². The van der Waals surface area contributed by atoms with Crippen molar-refractivity contribution in [3.8, 4) is 6.07 Å². The van der Waals surface area contributed by atoms with Crippen LogP contribution in [0.3, 0.4) is 0 Å². The molecule has 2 amide bonds. The van der Waals surface area contributed by atoms with Crippen LogP contribution in [0.25, 0.3) is 43.1 Å². The van der Waals surface area contributed by atoms with Gasteiger partial charge in [-0.1, -0.05) is 41.9 Å². The van der Waals surface area contributed by atoms with Crippen LogP contribution in [-0.4, -0.2) is 19.7 Å². The molecule has 0 atom stereocenters. The SMILES string of the molecule is Bc1ccc2cccc3c4c(C#N)cc5c6c(ccc(c1c23)c64)C(=O)NC5=O. The molecule has 0 unspecified atom stereocenters. The van der Waals surface area contributed by atoms with Gasteiger partial charge in [0.05, 0.1) is 11.6 Å². The number of carbonyl (C=O) groups is 2. The Balaban J connectivity index is 2.09. The van der Waals surface area contributed by atoms with Crippen LogP contribution in [0.5, 0.6) is 0 Å². The van der Waals surface area contributed by atoms with Crippen molar-refractivity contribution >= 4 is 68.2 Å². The molecular formula is C23H11BN2O2. The Bertz CT molecular complexity index is 1590. The monoisotopic (exact) mass is 358 g/mol. The van der Waals surface area contributed by atoms with Crippen molar-refractivity contribution < 1.29 is 9.59 Å². The molecule has 5 heteroatoms.